The van der Waals surface area contributed by atoms with E-state index in [1.807, 2.05) is 19.1 Å². The van der Waals surface area contributed by atoms with E-state index in [4.69, 9.17) is 0 Å². The van der Waals surface area contributed by atoms with Crippen LogP contribution < -0.4 is 5.32 Å². The summed E-state index contributed by atoms with van der Waals surface area (Å²) in [5.74, 6) is 0. The molecule has 1 rings (SSSR count). The second-order valence-electron chi connectivity index (χ2n) is 2.68. The third-order valence-corrected chi connectivity index (χ3v) is 1.69. The lowest BCUT2D eigenvalue weighted by atomic mass is 10.3. The molecule has 0 aliphatic carbocycles. The van der Waals surface area contributed by atoms with Gasteiger partial charge in [0.15, 0.2) is 0 Å². The zero-order valence-corrected chi connectivity index (χ0v) is 7.20. The highest BCUT2D eigenvalue weighted by molar-refractivity contribution is 5.40. The number of pyridine rings is 1. The molecule has 0 saturated heterocycles. The van der Waals surface area contributed by atoms with Crippen molar-refractivity contribution >= 4 is 5.69 Å². The summed E-state index contributed by atoms with van der Waals surface area (Å²) in [6.45, 7) is 2.55. The van der Waals surface area contributed by atoms with Gasteiger partial charge in [-0.2, -0.15) is 0 Å². The van der Waals surface area contributed by atoms with Crippen molar-refractivity contribution in [2.24, 2.45) is 0 Å². The average Bonchev–Trinajstić information content (AvgIpc) is 2.16. The molecule has 0 radical (unpaired) electrons. The van der Waals surface area contributed by atoms with Gasteiger partial charge in [0, 0.05) is 24.6 Å². The number of hydrogen-bond acceptors (Lipinski definition) is 3. The number of aromatic nitrogens is 1. The number of hydrogen-bond donors (Lipinski definition) is 2. The Labute approximate surface area is 72.5 Å². The monoisotopic (exact) mass is 166 g/mol. The van der Waals surface area contributed by atoms with Crippen molar-refractivity contribution in [2.45, 2.75) is 19.4 Å². The second-order valence-corrected chi connectivity index (χ2v) is 2.68. The highest BCUT2D eigenvalue weighted by Gasteiger charge is 1.98. The molecule has 0 unspecified atom stereocenters. The molecule has 12 heavy (non-hydrogen) atoms. The van der Waals surface area contributed by atoms with Crippen LogP contribution in [0.25, 0.3) is 0 Å². The average molecular weight is 166 g/mol. The Balaban J connectivity index is 2.33. The Bertz CT molecular complexity index is 213. The Kier molecular flexibility index (Phi) is 3.54. The predicted molar refractivity (Wildman–Crippen MR) is 49.0 cm³/mol. The SMILES string of the molecule is CC[C@H](O)CNc1ccncc1. The Morgan fingerprint density at radius 1 is 1.50 bits per heavy atom. The fourth-order valence-electron chi connectivity index (χ4n) is 0.850. The Hall–Kier alpha value is -1.09. The molecule has 3 heteroatoms. The van der Waals surface area contributed by atoms with Gasteiger partial charge in [-0.15, -0.1) is 0 Å². The van der Waals surface area contributed by atoms with Crippen molar-refractivity contribution in [3.63, 3.8) is 0 Å². The van der Waals surface area contributed by atoms with Crippen LogP contribution >= 0.6 is 0 Å². The van der Waals surface area contributed by atoms with E-state index in [1.54, 1.807) is 12.4 Å². The van der Waals surface area contributed by atoms with E-state index in [0.29, 0.717) is 6.54 Å². The zero-order valence-electron chi connectivity index (χ0n) is 7.20. The minimum Gasteiger partial charge on any atom is -0.391 e. The van der Waals surface area contributed by atoms with Crippen LogP contribution in [-0.2, 0) is 0 Å². The molecule has 1 heterocycles. The lowest BCUT2D eigenvalue weighted by molar-refractivity contribution is 0.183. The standard InChI is InChI=1S/C9H14N2O/c1-2-9(12)7-11-8-3-5-10-6-4-8/h3-6,9,12H,2,7H2,1H3,(H,10,11)/t9-/m0/s1. The number of rotatable bonds is 4. The first kappa shape index (κ1) is 9.00. The van der Waals surface area contributed by atoms with Crippen molar-refractivity contribution in [2.75, 3.05) is 11.9 Å². The first-order valence-corrected chi connectivity index (χ1v) is 4.15. The lowest BCUT2D eigenvalue weighted by Gasteiger charge is -2.09. The molecule has 0 aliphatic heterocycles. The van der Waals surface area contributed by atoms with Crippen molar-refractivity contribution in [1.29, 1.82) is 0 Å². The summed E-state index contributed by atoms with van der Waals surface area (Å²) >= 11 is 0. The van der Waals surface area contributed by atoms with Gasteiger partial charge >= 0.3 is 0 Å². The maximum absolute atomic E-state index is 9.24. The molecule has 2 N–H and O–H groups in total. The summed E-state index contributed by atoms with van der Waals surface area (Å²) in [5, 5.41) is 12.3. The van der Waals surface area contributed by atoms with E-state index in [-0.39, 0.29) is 6.10 Å². The summed E-state index contributed by atoms with van der Waals surface area (Å²) in [6, 6.07) is 3.75. The molecule has 3 nitrogen and oxygen atoms in total. The number of aliphatic hydroxyl groups is 1. The molecule has 1 atom stereocenters. The van der Waals surface area contributed by atoms with Crippen molar-refractivity contribution in [3.05, 3.63) is 24.5 Å². The highest BCUT2D eigenvalue weighted by atomic mass is 16.3. The molecule has 0 bridgehead atoms. The van der Waals surface area contributed by atoms with E-state index >= 15 is 0 Å². The van der Waals surface area contributed by atoms with Gasteiger partial charge < -0.3 is 10.4 Å². The molecule has 0 aromatic carbocycles. The maximum Gasteiger partial charge on any atom is 0.0709 e. The van der Waals surface area contributed by atoms with E-state index < -0.39 is 0 Å². The normalized spacial score (nSPS) is 12.5. The predicted octanol–water partition coefficient (Wildman–Crippen LogP) is 1.26. The van der Waals surface area contributed by atoms with Crippen LogP contribution in [0.4, 0.5) is 5.69 Å². The van der Waals surface area contributed by atoms with Crippen LogP contribution in [0, 0.1) is 0 Å². The van der Waals surface area contributed by atoms with E-state index in [1.165, 1.54) is 0 Å². The van der Waals surface area contributed by atoms with Gasteiger partial charge in [-0.25, -0.2) is 0 Å². The molecule has 0 amide bonds. The van der Waals surface area contributed by atoms with Crippen LogP contribution in [-0.4, -0.2) is 22.7 Å². The molecule has 0 saturated carbocycles. The minimum absolute atomic E-state index is 0.266. The smallest absolute Gasteiger partial charge is 0.0709 e. The summed E-state index contributed by atoms with van der Waals surface area (Å²) < 4.78 is 0. The van der Waals surface area contributed by atoms with Gasteiger partial charge in [-0.1, -0.05) is 6.92 Å². The van der Waals surface area contributed by atoms with Crippen LogP contribution in [0.3, 0.4) is 0 Å². The van der Waals surface area contributed by atoms with E-state index in [0.717, 1.165) is 12.1 Å². The maximum atomic E-state index is 9.24. The molecule has 1 aromatic heterocycles. The van der Waals surface area contributed by atoms with Crippen LogP contribution in [0.15, 0.2) is 24.5 Å². The van der Waals surface area contributed by atoms with Gasteiger partial charge in [-0.05, 0) is 18.6 Å². The number of aliphatic hydroxyl groups excluding tert-OH is 1. The Morgan fingerprint density at radius 2 is 2.17 bits per heavy atom. The zero-order chi connectivity index (χ0) is 8.81. The van der Waals surface area contributed by atoms with E-state index in [9.17, 15) is 5.11 Å². The van der Waals surface area contributed by atoms with Gasteiger partial charge in [0.05, 0.1) is 6.10 Å². The van der Waals surface area contributed by atoms with E-state index in [2.05, 4.69) is 10.3 Å². The summed E-state index contributed by atoms with van der Waals surface area (Å²) in [5.41, 5.74) is 0.998. The highest BCUT2D eigenvalue weighted by Crippen LogP contribution is 2.03. The topological polar surface area (TPSA) is 45.1 Å². The fourth-order valence-corrected chi connectivity index (χ4v) is 0.850. The van der Waals surface area contributed by atoms with Crippen LogP contribution in [0.1, 0.15) is 13.3 Å². The minimum atomic E-state index is -0.266. The first-order valence-electron chi connectivity index (χ1n) is 4.15. The molecule has 0 fully saturated rings. The molecule has 1 aromatic rings. The second kappa shape index (κ2) is 4.72. The van der Waals surface area contributed by atoms with Crippen molar-refractivity contribution in [1.82, 2.24) is 4.98 Å². The van der Waals surface area contributed by atoms with Crippen LogP contribution in [0.5, 0.6) is 0 Å². The number of nitrogens with zero attached hydrogens (tertiary/aromatic N) is 1. The summed E-state index contributed by atoms with van der Waals surface area (Å²) in [6.07, 6.45) is 3.96. The quantitative estimate of drug-likeness (QED) is 0.708. The van der Waals surface area contributed by atoms with Gasteiger partial charge in [0.25, 0.3) is 0 Å². The Morgan fingerprint density at radius 3 is 2.75 bits per heavy atom. The number of nitrogens with one attached hydrogen (secondary N) is 1. The van der Waals surface area contributed by atoms with Gasteiger partial charge in [-0.3, -0.25) is 4.98 Å². The molecule has 66 valence electrons. The first-order chi connectivity index (χ1) is 5.83. The van der Waals surface area contributed by atoms with Crippen molar-refractivity contribution in [3.8, 4) is 0 Å². The summed E-state index contributed by atoms with van der Waals surface area (Å²) in [4.78, 5) is 3.89. The molecular weight excluding hydrogens is 152 g/mol. The van der Waals surface area contributed by atoms with Crippen molar-refractivity contribution < 1.29 is 5.11 Å². The third kappa shape index (κ3) is 2.88. The third-order valence-electron chi connectivity index (χ3n) is 1.69. The van der Waals surface area contributed by atoms with Gasteiger partial charge in [0.2, 0.25) is 0 Å². The largest absolute Gasteiger partial charge is 0.391 e. The van der Waals surface area contributed by atoms with Crippen LogP contribution in [0.2, 0.25) is 0 Å². The fraction of sp³-hybridized carbons (Fsp3) is 0.444. The number of anilines is 1. The van der Waals surface area contributed by atoms with Gasteiger partial charge in [0.1, 0.15) is 0 Å². The molecule has 0 aliphatic rings. The lowest BCUT2D eigenvalue weighted by Crippen LogP contribution is -2.17. The molecule has 0 spiro atoms. The summed E-state index contributed by atoms with van der Waals surface area (Å²) in [7, 11) is 0. The molecular formula is C9H14N2O.